The zero-order valence-electron chi connectivity index (χ0n) is 10.9. The summed E-state index contributed by atoms with van der Waals surface area (Å²) in [6.45, 7) is 3.11. The molecule has 0 saturated carbocycles. The highest BCUT2D eigenvalue weighted by molar-refractivity contribution is 9.10. The summed E-state index contributed by atoms with van der Waals surface area (Å²) in [7, 11) is 0. The van der Waals surface area contributed by atoms with Gasteiger partial charge in [0, 0.05) is 17.1 Å². The van der Waals surface area contributed by atoms with Crippen molar-refractivity contribution >= 4 is 21.8 Å². The molecule has 0 bridgehead atoms. The zero-order chi connectivity index (χ0) is 13.0. The first-order valence-electron chi connectivity index (χ1n) is 6.74. The van der Waals surface area contributed by atoms with Gasteiger partial charge in [0.1, 0.15) is 0 Å². The van der Waals surface area contributed by atoms with E-state index in [2.05, 4.69) is 27.8 Å². The predicted molar refractivity (Wildman–Crippen MR) is 77.5 cm³/mol. The van der Waals surface area contributed by atoms with Crippen LogP contribution in [-0.2, 0) is 11.2 Å². The van der Waals surface area contributed by atoms with Crippen LogP contribution in [-0.4, -0.2) is 23.4 Å². The average Bonchev–Trinajstić information content (AvgIpc) is 2.41. The maximum absolute atomic E-state index is 12.3. The van der Waals surface area contributed by atoms with Crippen LogP contribution in [0.25, 0.3) is 0 Å². The number of halogens is 1. The van der Waals surface area contributed by atoms with Crippen LogP contribution < -0.4 is 0 Å². The van der Waals surface area contributed by atoms with Crippen LogP contribution in [0.2, 0.25) is 0 Å². The molecule has 1 aromatic carbocycles. The van der Waals surface area contributed by atoms with Crippen LogP contribution in [0.4, 0.5) is 0 Å². The molecule has 1 aliphatic heterocycles. The maximum atomic E-state index is 12.3. The van der Waals surface area contributed by atoms with E-state index in [1.807, 2.05) is 24.3 Å². The number of hydrogen-bond acceptors (Lipinski definition) is 1. The smallest absolute Gasteiger partial charge is 0.227 e. The van der Waals surface area contributed by atoms with Crippen LogP contribution in [0, 0.1) is 0 Å². The van der Waals surface area contributed by atoms with E-state index in [0.29, 0.717) is 12.5 Å². The normalized spacial score (nSPS) is 19.9. The van der Waals surface area contributed by atoms with Crippen LogP contribution in [0.3, 0.4) is 0 Å². The summed E-state index contributed by atoms with van der Waals surface area (Å²) in [5, 5.41) is 0. The molecule has 1 aromatic rings. The van der Waals surface area contributed by atoms with Gasteiger partial charge < -0.3 is 4.90 Å². The highest BCUT2D eigenvalue weighted by Crippen LogP contribution is 2.21. The second kappa shape index (κ2) is 6.37. The van der Waals surface area contributed by atoms with E-state index in [0.717, 1.165) is 29.4 Å². The van der Waals surface area contributed by atoms with Gasteiger partial charge in [0.15, 0.2) is 0 Å². The minimum absolute atomic E-state index is 0.281. The van der Waals surface area contributed by atoms with Crippen molar-refractivity contribution in [3.05, 3.63) is 34.3 Å². The minimum Gasteiger partial charge on any atom is -0.339 e. The molecule has 0 radical (unpaired) electrons. The molecule has 18 heavy (non-hydrogen) atoms. The lowest BCUT2D eigenvalue weighted by Crippen LogP contribution is -2.44. The van der Waals surface area contributed by atoms with E-state index in [4.69, 9.17) is 0 Å². The molecular weight excluding hydrogens is 290 g/mol. The van der Waals surface area contributed by atoms with Gasteiger partial charge in [-0.15, -0.1) is 0 Å². The summed E-state index contributed by atoms with van der Waals surface area (Å²) < 4.78 is 1.06. The van der Waals surface area contributed by atoms with Crippen molar-refractivity contribution in [2.24, 2.45) is 0 Å². The maximum Gasteiger partial charge on any atom is 0.227 e. The van der Waals surface area contributed by atoms with Gasteiger partial charge in [-0.1, -0.05) is 35.0 Å². The molecule has 1 saturated heterocycles. The first kappa shape index (κ1) is 13.6. The summed E-state index contributed by atoms with van der Waals surface area (Å²) in [4.78, 5) is 14.4. The Kier molecular flexibility index (Phi) is 4.81. The van der Waals surface area contributed by atoms with E-state index < -0.39 is 0 Å². The molecule has 1 amide bonds. The van der Waals surface area contributed by atoms with Crippen molar-refractivity contribution in [3.63, 3.8) is 0 Å². The molecule has 0 aromatic heterocycles. The van der Waals surface area contributed by atoms with E-state index in [-0.39, 0.29) is 5.91 Å². The largest absolute Gasteiger partial charge is 0.339 e. The molecule has 0 unspecified atom stereocenters. The summed E-state index contributed by atoms with van der Waals surface area (Å²) in [6.07, 6.45) is 5.20. The van der Waals surface area contributed by atoms with Gasteiger partial charge in [0.05, 0.1) is 6.42 Å². The molecule has 1 aliphatic rings. The third-order valence-corrected chi connectivity index (χ3v) is 4.22. The topological polar surface area (TPSA) is 20.3 Å². The highest BCUT2D eigenvalue weighted by Gasteiger charge is 2.24. The van der Waals surface area contributed by atoms with Gasteiger partial charge in [0.25, 0.3) is 0 Å². The molecule has 98 valence electrons. The standard InChI is InChI=1S/C15H20BrNO/c1-2-14-5-3-4-10-17(14)15(18)11-12-6-8-13(16)9-7-12/h6-9,14H,2-5,10-11H2,1H3/t14-/m0/s1. The molecule has 1 atom stereocenters. The Morgan fingerprint density at radius 1 is 1.33 bits per heavy atom. The van der Waals surface area contributed by atoms with Gasteiger partial charge >= 0.3 is 0 Å². The second-order valence-electron chi connectivity index (χ2n) is 4.95. The fourth-order valence-electron chi connectivity index (χ4n) is 2.63. The van der Waals surface area contributed by atoms with Gasteiger partial charge in [-0.05, 0) is 43.4 Å². The van der Waals surface area contributed by atoms with Crippen LogP contribution in [0.15, 0.2) is 28.7 Å². The van der Waals surface area contributed by atoms with Crippen LogP contribution >= 0.6 is 15.9 Å². The molecule has 0 N–H and O–H groups in total. The molecule has 2 rings (SSSR count). The Hall–Kier alpha value is -0.830. The number of carbonyl (C=O) groups is 1. The molecule has 0 spiro atoms. The van der Waals surface area contributed by atoms with Gasteiger partial charge in [-0.3, -0.25) is 4.79 Å². The average molecular weight is 310 g/mol. The van der Waals surface area contributed by atoms with Gasteiger partial charge in [0.2, 0.25) is 5.91 Å². The SMILES string of the molecule is CC[C@H]1CCCCN1C(=O)Cc1ccc(Br)cc1. The Balaban J connectivity index is 2.00. The third kappa shape index (κ3) is 3.35. The lowest BCUT2D eigenvalue weighted by Gasteiger charge is -2.35. The van der Waals surface area contributed by atoms with Crippen molar-refractivity contribution in [3.8, 4) is 0 Å². The van der Waals surface area contributed by atoms with E-state index >= 15 is 0 Å². The van der Waals surface area contributed by atoms with E-state index in [1.165, 1.54) is 12.8 Å². The third-order valence-electron chi connectivity index (χ3n) is 3.69. The number of likely N-dealkylation sites (tertiary alicyclic amines) is 1. The first-order chi connectivity index (χ1) is 8.70. The number of amides is 1. The predicted octanol–water partition coefficient (Wildman–Crippen LogP) is 3.78. The first-order valence-corrected chi connectivity index (χ1v) is 7.54. The quantitative estimate of drug-likeness (QED) is 0.832. The Labute approximate surface area is 117 Å². The van der Waals surface area contributed by atoms with Crippen LogP contribution in [0.1, 0.15) is 38.2 Å². The number of carbonyl (C=O) groups excluding carboxylic acids is 1. The molecule has 1 fully saturated rings. The van der Waals surface area contributed by atoms with E-state index in [9.17, 15) is 4.79 Å². The van der Waals surface area contributed by atoms with Gasteiger partial charge in [-0.25, -0.2) is 0 Å². The number of benzene rings is 1. The van der Waals surface area contributed by atoms with Crippen molar-refractivity contribution in [1.29, 1.82) is 0 Å². The molecule has 3 heteroatoms. The van der Waals surface area contributed by atoms with E-state index in [1.54, 1.807) is 0 Å². The summed E-state index contributed by atoms with van der Waals surface area (Å²) in [6, 6.07) is 8.49. The lowest BCUT2D eigenvalue weighted by molar-refractivity contribution is -0.134. The summed E-state index contributed by atoms with van der Waals surface area (Å²) in [5.74, 6) is 0.281. The molecule has 2 nitrogen and oxygen atoms in total. The Morgan fingerprint density at radius 2 is 2.06 bits per heavy atom. The molecule has 1 heterocycles. The molecule has 0 aliphatic carbocycles. The number of nitrogens with zero attached hydrogens (tertiary/aromatic N) is 1. The summed E-state index contributed by atoms with van der Waals surface area (Å²) in [5.41, 5.74) is 1.10. The van der Waals surface area contributed by atoms with Crippen molar-refractivity contribution in [2.75, 3.05) is 6.54 Å². The second-order valence-corrected chi connectivity index (χ2v) is 5.86. The van der Waals surface area contributed by atoms with Crippen LogP contribution in [0.5, 0.6) is 0 Å². The van der Waals surface area contributed by atoms with Crippen molar-refractivity contribution in [1.82, 2.24) is 4.90 Å². The van der Waals surface area contributed by atoms with Crippen molar-refractivity contribution in [2.45, 2.75) is 45.1 Å². The summed E-state index contributed by atoms with van der Waals surface area (Å²) >= 11 is 3.41. The van der Waals surface area contributed by atoms with Gasteiger partial charge in [-0.2, -0.15) is 0 Å². The fraction of sp³-hybridized carbons (Fsp3) is 0.533. The molecular formula is C15H20BrNO. The lowest BCUT2D eigenvalue weighted by atomic mass is 9.99. The monoisotopic (exact) mass is 309 g/mol. The fourth-order valence-corrected chi connectivity index (χ4v) is 2.90. The number of piperidine rings is 1. The number of hydrogen-bond donors (Lipinski definition) is 0. The zero-order valence-corrected chi connectivity index (χ0v) is 12.4. The van der Waals surface area contributed by atoms with Crippen molar-refractivity contribution < 1.29 is 4.79 Å². The number of rotatable bonds is 3. The Bertz CT molecular complexity index is 401. The minimum atomic E-state index is 0.281. The highest BCUT2D eigenvalue weighted by atomic mass is 79.9. The Morgan fingerprint density at radius 3 is 2.72 bits per heavy atom.